The molecule has 0 spiro atoms. The van der Waals surface area contributed by atoms with Crippen molar-refractivity contribution >= 4 is 76.6 Å². The van der Waals surface area contributed by atoms with Crippen molar-refractivity contribution in [3.63, 3.8) is 0 Å². The minimum absolute atomic E-state index is 0.455. The fourth-order valence-electron chi connectivity index (χ4n) is 4.49. The van der Waals surface area contributed by atoms with Crippen LogP contribution in [0.1, 0.15) is 12.8 Å². The van der Waals surface area contributed by atoms with E-state index in [0.717, 1.165) is 0 Å². The third-order valence-corrected chi connectivity index (χ3v) is 22.5. The highest BCUT2D eigenvalue weighted by molar-refractivity contribution is 7.73. The molecule has 0 aliphatic rings. The molecule has 0 aliphatic carbocycles. The summed E-state index contributed by atoms with van der Waals surface area (Å²) in [6.07, 6.45) is -8.58. The van der Waals surface area contributed by atoms with Crippen LogP contribution in [-0.4, -0.2) is 178 Å². The fourth-order valence-corrected chi connectivity index (χ4v) is 16.4. The predicted octanol–water partition coefficient (Wildman–Crippen LogP) is -4.28. The highest BCUT2D eigenvalue weighted by Crippen LogP contribution is 2.77. The van der Waals surface area contributed by atoms with Crippen molar-refractivity contribution in [2.24, 2.45) is 0 Å². The first-order chi connectivity index (χ1) is 24.0. The van der Waals surface area contributed by atoms with Crippen LogP contribution in [0.2, 0.25) is 0 Å². The summed E-state index contributed by atoms with van der Waals surface area (Å²) in [5.74, 6) is 0. The molecular formula is C12H40N4O30P10. The molecule has 0 rings (SSSR count). The average molecular weight is 1030 g/mol. The molecule has 0 aromatic heterocycles. The first kappa shape index (κ1) is 57.3. The normalized spacial score (nSPS) is 15.8. The van der Waals surface area contributed by atoms with Crippen molar-refractivity contribution in [2.75, 3.05) is 51.8 Å². The second kappa shape index (κ2) is 19.0. The standard InChI is InChI=1S/C12H40N4O30P10/c17-47(18,19)9-15(55(41,42)43)5-3-13(53(35,36)37)7-11(49(23,24)25,50(26,27)28)1-2-12(51(29,30)31,52(32,33)34)8-14(54(38,39)40)4-6-16(56(44,45)46)10-48(20,21)22/h1-10H2,(H2,17,18,19)(H2,20,21,22)(H2,23,24,25)(H2,26,27,28)(H2,29,30,31)(H2,32,33,34)(H2,35,36,37)(H2,38,39,40)(H2,41,42,43)(H2,44,45,46). The number of hydrogen-bond acceptors (Lipinski definition) is 10. The molecular weight excluding hydrogens is 990 g/mol. The molecule has 0 aromatic rings. The van der Waals surface area contributed by atoms with E-state index in [1.165, 1.54) is 0 Å². The molecule has 0 fully saturated rings. The Kier molecular flexibility index (Phi) is 19.4. The van der Waals surface area contributed by atoms with Crippen LogP contribution >= 0.6 is 76.6 Å². The van der Waals surface area contributed by atoms with Gasteiger partial charge in [-0.1, -0.05) is 0 Å². The Bertz CT molecular complexity index is 1690. The molecule has 0 unspecified atom stereocenters. The van der Waals surface area contributed by atoms with E-state index in [4.69, 9.17) is 19.6 Å². The minimum Gasteiger partial charge on any atom is -0.324 e. The van der Waals surface area contributed by atoms with Gasteiger partial charge in [-0.25, -0.2) is 27.6 Å². The van der Waals surface area contributed by atoms with Gasteiger partial charge in [0.2, 0.25) is 0 Å². The van der Waals surface area contributed by atoms with E-state index >= 15 is 0 Å². The Hall–Kier alpha value is 1.34. The summed E-state index contributed by atoms with van der Waals surface area (Å²) in [5, 5.41) is 0. The van der Waals surface area contributed by atoms with Gasteiger partial charge < -0.3 is 97.9 Å². The van der Waals surface area contributed by atoms with E-state index in [9.17, 15) is 124 Å². The maximum Gasteiger partial charge on any atom is 0.403 e. The Morgan fingerprint density at radius 3 is 0.625 bits per heavy atom. The van der Waals surface area contributed by atoms with Gasteiger partial charge in [0.25, 0.3) is 0 Å². The molecule has 0 saturated carbocycles. The molecule has 0 aromatic carbocycles. The van der Waals surface area contributed by atoms with Gasteiger partial charge in [-0.3, -0.25) is 27.4 Å². The molecule has 338 valence electrons. The summed E-state index contributed by atoms with van der Waals surface area (Å²) >= 11 is 0. The summed E-state index contributed by atoms with van der Waals surface area (Å²) < 4.78 is 120. The summed E-state index contributed by atoms with van der Waals surface area (Å²) in [7, 11) is -62.5. The highest BCUT2D eigenvalue weighted by Gasteiger charge is 2.67. The van der Waals surface area contributed by atoms with Crippen LogP contribution in [0.15, 0.2) is 0 Å². The molecule has 34 nitrogen and oxygen atoms in total. The molecule has 0 radical (unpaired) electrons. The lowest BCUT2D eigenvalue weighted by atomic mass is 10.1. The van der Waals surface area contributed by atoms with Gasteiger partial charge in [0, 0.05) is 39.3 Å². The summed E-state index contributed by atoms with van der Waals surface area (Å²) in [4.78, 5) is 186. The lowest BCUT2D eigenvalue weighted by molar-refractivity contribution is 0.202. The molecule has 0 aliphatic heterocycles. The number of hydrogen-bond donors (Lipinski definition) is 20. The van der Waals surface area contributed by atoms with E-state index in [1.54, 1.807) is 0 Å². The van der Waals surface area contributed by atoms with Crippen molar-refractivity contribution < 1.29 is 144 Å². The van der Waals surface area contributed by atoms with Gasteiger partial charge in [-0.05, 0) is 12.8 Å². The quantitative estimate of drug-likeness (QED) is 0.0385. The summed E-state index contributed by atoms with van der Waals surface area (Å²) in [6, 6.07) is 0. The van der Waals surface area contributed by atoms with E-state index in [0.29, 0.717) is 0 Å². The maximum atomic E-state index is 12.8. The first-order valence-corrected chi connectivity index (χ1v) is 29.9. The predicted molar refractivity (Wildman–Crippen MR) is 181 cm³/mol. The monoisotopic (exact) mass is 1030 g/mol. The molecule has 0 atom stereocenters. The Morgan fingerprint density at radius 2 is 0.482 bits per heavy atom. The molecule has 56 heavy (non-hydrogen) atoms. The zero-order chi connectivity index (χ0) is 45.4. The van der Waals surface area contributed by atoms with Crippen LogP contribution in [0.3, 0.4) is 0 Å². The molecule has 0 heterocycles. The lowest BCUT2D eigenvalue weighted by Crippen LogP contribution is -2.47. The summed E-state index contributed by atoms with van der Waals surface area (Å²) in [5.41, 5.74) is 0. The lowest BCUT2D eigenvalue weighted by Gasteiger charge is -2.43. The third kappa shape index (κ3) is 16.9. The molecule has 20 N–H and O–H groups in total. The van der Waals surface area contributed by atoms with E-state index < -0.39 is 170 Å². The Balaban J connectivity index is 7.67. The molecule has 0 saturated heterocycles. The van der Waals surface area contributed by atoms with Gasteiger partial charge in [0.1, 0.15) is 12.6 Å². The largest absolute Gasteiger partial charge is 0.403 e. The fraction of sp³-hybridized carbons (Fsp3) is 1.00. The highest BCUT2D eigenvalue weighted by atomic mass is 31.2. The van der Waals surface area contributed by atoms with Gasteiger partial charge in [-0.2, -0.15) is 9.34 Å². The van der Waals surface area contributed by atoms with Crippen molar-refractivity contribution in [1.29, 1.82) is 0 Å². The van der Waals surface area contributed by atoms with Crippen LogP contribution in [0.4, 0.5) is 0 Å². The van der Waals surface area contributed by atoms with Gasteiger partial charge in [0.15, 0.2) is 9.79 Å². The van der Waals surface area contributed by atoms with E-state index in [1.807, 2.05) is 0 Å². The molecule has 0 amide bonds. The zero-order valence-electron chi connectivity index (χ0n) is 27.4. The Morgan fingerprint density at radius 1 is 0.304 bits per heavy atom. The molecule has 44 heteroatoms. The van der Waals surface area contributed by atoms with E-state index in [-0.39, 0.29) is 0 Å². The van der Waals surface area contributed by atoms with Crippen LogP contribution in [0, 0.1) is 0 Å². The maximum absolute atomic E-state index is 12.8. The van der Waals surface area contributed by atoms with Crippen LogP contribution in [-0.2, 0) is 45.7 Å². The smallest absolute Gasteiger partial charge is 0.324 e. The molecule has 0 bridgehead atoms. The van der Waals surface area contributed by atoms with Crippen LogP contribution in [0.25, 0.3) is 0 Å². The van der Waals surface area contributed by atoms with Gasteiger partial charge in [-0.15, -0.1) is 0 Å². The SMILES string of the molecule is O=P(O)(O)CN(CCN(CC(CCC(CN(CCN(CP(=O)(O)O)P(=O)(O)O)P(=O)(O)O)(P(=O)(O)O)P(=O)(O)O)(P(=O)(O)O)P(=O)(O)O)P(=O)(O)O)P(=O)(O)O. The first-order valence-electron chi connectivity index (χ1n) is 13.6. The van der Waals surface area contributed by atoms with Crippen molar-refractivity contribution in [3.8, 4) is 0 Å². The average Bonchev–Trinajstić information content (AvgIpc) is 2.85. The zero-order valence-corrected chi connectivity index (χ0v) is 36.3. The number of nitrogens with zero attached hydrogens (tertiary/aromatic N) is 4. The van der Waals surface area contributed by atoms with Crippen molar-refractivity contribution in [3.05, 3.63) is 0 Å². The third-order valence-electron chi connectivity index (χ3n) is 7.37. The second-order valence-electron chi connectivity index (χ2n) is 11.5. The van der Waals surface area contributed by atoms with E-state index in [2.05, 4.69) is 0 Å². The van der Waals surface area contributed by atoms with Gasteiger partial charge in [0.05, 0.1) is 0 Å². The van der Waals surface area contributed by atoms with Gasteiger partial charge >= 0.3 is 76.6 Å². The van der Waals surface area contributed by atoms with Crippen LogP contribution < -0.4 is 0 Å². The van der Waals surface area contributed by atoms with Crippen LogP contribution in [0.5, 0.6) is 0 Å². The van der Waals surface area contributed by atoms with Crippen molar-refractivity contribution in [1.82, 2.24) is 18.7 Å². The van der Waals surface area contributed by atoms with Crippen molar-refractivity contribution in [2.45, 2.75) is 22.6 Å². The number of rotatable bonds is 25. The Labute approximate surface area is 313 Å². The topological polar surface area (TPSA) is 588 Å². The second-order valence-corrected chi connectivity index (χ2v) is 29.6. The summed E-state index contributed by atoms with van der Waals surface area (Å²) in [6.45, 7) is -11.6. The minimum atomic E-state index is -6.87.